The van der Waals surface area contributed by atoms with Crippen LogP contribution >= 0.6 is 0 Å². The molecule has 0 aliphatic carbocycles. The van der Waals surface area contributed by atoms with Gasteiger partial charge in [0, 0.05) is 22.8 Å². The first kappa shape index (κ1) is 13.5. The van der Waals surface area contributed by atoms with E-state index in [0.29, 0.717) is 0 Å². The number of hydrogen-bond donors (Lipinski definition) is 0. The Morgan fingerprint density at radius 2 is 1.76 bits per heavy atom. The molecule has 0 saturated carbocycles. The van der Waals surface area contributed by atoms with E-state index in [0.717, 1.165) is 45.0 Å². The van der Waals surface area contributed by atoms with Crippen LogP contribution in [0.2, 0.25) is 0 Å². The third-order valence-electron chi connectivity index (χ3n) is 3.53. The van der Waals surface area contributed by atoms with Crippen molar-refractivity contribution in [3.8, 4) is 17.0 Å². The summed E-state index contributed by atoms with van der Waals surface area (Å²) in [6, 6.07) is 8.06. The number of aromatic nitrogens is 3. The van der Waals surface area contributed by atoms with Gasteiger partial charge in [-0.15, -0.1) is 0 Å². The van der Waals surface area contributed by atoms with Crippen LogP contribution in [0.1, 0.15) is 17.1 Å². The molecule has 3 rings (SSSR count). The Morgan fingerprint density at radius 3 is 2.52 bits per heavy atom. The minimum atomic E-state index is 0.764. The Labute approximate surface area is 123 Å². The zero-order chi connectivity index (χ0) is 15.0. The van der Waals surface area contributed by atoms with Crippen molar-refractivity contribution in [1.82, 2.24) is 15.0 Å². The van der Waals surface area contributed by atoms with Gasteiger partial charge in [-0.05, 0) is 44.5 Å². The smallest absolute Gasteiger partial charge is 0.145 e. The van der Waals surface area contributed by atoms with E-state index in [9.17, 15) is 0 Å². The highest BCUT2D eigenvalue weighted by atomic mass is 16.5. The SMILES string of the molecule is COc1ccc(-c2nc(C)ncc2C)c2ccc(C)nc12. The zero-order valence-corrected chi connectivity index (χ0v) is 12.6. The van der Waals surface area contributed by atoms with Crippen LogP contribution in [0.25, 0.3) is 22.2 Å². The maximum atomic E-state index is 5.43. The van der Waals surface area contributed by atoms with Crippen LogP contribution in [-0.2, 0) is 0 Å². The third-order valence-corrected chi connectivity index (χ3v) is 3.53. The lowest BCUT2D eigenvalue weighted by Crippen LogP contribution is -1.97. The zero-order valence-electron chi connectivity index (χ0n) is 12.6. The van der Waals surface area contributed by atoms with E-state index in [-0.39, 0.29) is 0 Å². The third kappa shape index (κ3) is 2.33. The molecule has 0 radical (unpaired) electrons. The van der Waals surface area contributed by atoms with Gasteiger partial charge in [-0.3, -0.25) is 0 Å². The van der Waals surface area contributed by atoms with Gasteiger partial charge in [0.1, 0.15) is 17.1 Å². The molecule has 0 unspecified atom stereocenters. The standard InChI is InChI=1S/C17H17N3O/c1-10-9-18-12(3)20-16(10)13-7-8-15(21-4)17-14(13)6-5-11(2)19-17/h5-9H,1-4H3. The van der Waals surface area contributed by atoms with Crippen molar-refractivity contribution in [3.05, 3.63) is 47.5 Å². The van der Waals surface area contributed by atoms with Crippen molar-refractivity contribution in [2.45, 2.75) is 20.8 Å². The summed E-state index contributed by atoms with van der Waals surface area (Å²) in [5.41, 5.74) is 4.88. The van der Waals surface area contributed by atoms with Gasteiger partial charge in [-0.25, -0.2) is 15.0 Å². The normalized spacial score (nSPS) is 10.9. The minimum Gasteiger partial charge on any atom is -0.494 e. The van der Waals surface area contributed by atoms with Gasteiger partial charge in [-0.2, -0.15) is 0 Å². The lowest BCUT2D eigenvalue weighted by Gasteiger charge is -2.12. The van der Waals surface area contributed by atoms with Crippen LogP contribution in [0.3, 0.4) is 0 Å². The van der Waals surface area contributed by atoms with Gasteiger partial charge in [0.15, 0.2) is 0 Å². The second-order valence-corrected chi connectivity index (χ2v) is 5.11. The number of methoxy groups -OCH3 is 1. The molecule has 0 N–H and O–H groups in total. The summed E-state index contributed by atoms with van der Waals surface area (Å²) >= 11 is 0. The van der Waals surface area contributed by atoms with Gasteiger partial charge in [-0.1, -0.05) is 6.07 Å². The molecule has 0 aliphatic rings. The summed E-state index contributed by atoms with van der Waals surface area (Å²) in [6.07, 6.45) is 1.86. The van der Waals surface area contributed by atoms with E-state index in [4.69, 9.17) is 4.74 Å². The number of ether oxygens (including phenoxy) is 1. The van der Waals surface area contributed by atoms with Gasteiger partial charge < -0.3 is 4.74 Å². The molecule has 1 aromatic carbocycles. The summed E-state index contributed by atoms with van der Waals surface area (Å²) in [4.78, 5) is 13.4. The molecule has 4 nitrogen and oxygen atoms in total. The molecule has 21 heavy (non-hydrogen) atoms. The summed E-state index contributed by atoms with van der Waals surface area (Å²) in [5, 5.41) is 1.04. The molecule has 106 valence electrons. The fourth-order valence-electron chi connectivity index (χ4n) is 2.46. The maximum absolute atomic E-state index is 5.43. The Bertz CT molecular complexity index is 828. The summed E-state index contributed by atoms with van der Waals surface area (Å²) in [7, 11) is 1.67. The molecular weight excluding hydrogens is 262 g/mol. The van der Waals surface area contributed by atoms with Crippen molar-refractivity contribution in [1.29, 1.82) is 0 Å². The van der Waals surface area contributed by atoms with Gasteiger partial charge in [0.25, 0.3) is 0 Å². The van der Waals surface area contributed by atoms with Crippen molar-refractivity contribution in [2.75, 3.05) is 7.11 Å². The molecule has 0 spiro atoms. The van der Waals surface area contributed by atoms with E-state index in [1.54, 1.807) is 7.11 Å². The average Bonchev–Trinajstić information content (AvgIpc) is 2.48. The van der Waals surface area contributed by atoms with Gasteiger partial charge >= 0.3 is 0 Å². The molecule has 0 bridgehead atoms. The topological polar surface area (TPSA) is 47.9 Å². The van der Waals surface area contributed by atoms with Gasteiger partial charge in [0.2, 0.25) is 0 Å². The average molecular weight is 279 g/mol. The number of benzene rings is 1. The summed E-state index contributed by atoms with van der Waals surface area (Å²) in [6.45, 7) is 5.90. The van der Waals surface area contributed by atoms with Crippen LogP contribution in [0, 0.1) is 20.8 Å². The van der Waals surface area contributed by atoms with Crippen molar-refractivity contribution in [2.24, 2.45) is 0 Å². The molecule has 0 amide bonds. The maximum Gasteiger partial charge on any atom is 0.145 e. The summed E-state index contributed by atoms with van der Waals surface area (Å²) in [5.74, 6) is 1.54. The quantitative estimate of drug-likeness (QED) is 0.718. The highest BCUT2D eigenvalue weighted by molar-refractivity contribution is 5.97. The van der Waals surface area contributed by atoms with E-state index in [2.05, 4.69) is 21.0 Å². The van der Waals surface area contributed by atoms with E-state index in [1.165, 1.54) is 0 Å². The molecule has 3 aromatic rings. The van der Waals surface area contributed by atoms with E-state index < -0.39 is 0 Å². The van der Waals surface area contributed by atoms with E-state index in [1.807, 2.05) is 45.2 Å². The lowest BCUT2D eigenvalue weighted by molar-refractivity contribution is 0.419. The van der Waals surface area contributed by atoms with Crippen LogP contribution in [0.5, 0.6) is 5.75 Å². The second-order valence-electron chi connectivity index (χ2n) is 5.11. The number of nitrogens with zero attached hydrogens (tertiary/aromatic N) is 3. The molecule has 0 atom stereocenters. The fourth-order valence-corrected chi connectivity index (χ4v) is 2.46. The van der Waals surface area contributed by atoms with Crippen LogP contribution in [0.4, 0.5) is 0 Å². The molecule has 0 saturated heterocycles. The predicted octanol–water partition coefficient (Wildman–Crippen LogP) is 3.63. The first-order valence-corrected chi connectivity index (χ1v) is 6.85. The number of fused-ring (bicyclic) bond motifs is 1. The Morgan fingerprint density at radius 1 is 0.952 bits per heavy atom. The predicted molar refractivity (Wildman–Crippen MR) is 83.5 cm³/mol. The molecular formula is C17H17N3O. The number of aryl methyl sites for hydroxylation is 3. The van der Waals surface area contributed by atoms with Crippen LogP contribution in [0.15, 0.2) is 30.5 Å². The molecule has 0 aliphatic heterocycles. The number of hydrogen-bond acceptors (Lipinski definition) is 4. The molecule has 2 aromatic heterocycles. The molecule has 2 heterocycles. The Balaban J connectivity index is 2.36. The largest absolute Gasteiger partial charge is 0.494 e. The van der Waals surface area contributed by atoms with E-state index >= 15 is 0 Å². The number of rotatable bonds is 2. The van der Waals surface area contributed by atoms with Crippen molar-refractivity contribution < 1.29 is 4.74 Å². The minimum absolute atomic E-state index is 0.764. The highest BCUT2D eigenvalue weighted by Gasteiger charge is 2.13. The van der Waals surface area contributed by atoms with Crippen molar-refractivity contribution in [3.63, 3.8) is 0 Å². The monoisotopic (exact) mass is 279 g/mol. The van der Waals surface area contributed by atoms with Crippen LogP contribution in [-0.4, -0.2) is 22.1 Å². The fraction of sp³-hybridized carbons (Fsp3) is 0.235. The summed E-state index contributed by atoms with van der Waals surface area (Å²) < 4.78 is 5.43. The molecule has 4 heteroatoms. The Kier molecular flexibility index (Phi) is 3.29. The lowest BCUT2D eigenvalue weighted by atomic mass is 10.0. The van der Waals surface area contributed by atoms with Crippen molar-refractivity contribution >= 4 is 10.9 Å². The second kappa shape index (κ2) is 5.13. The number of pyridine rings is 1. The first-order chi connectivity index (χ1) is 10.1. The Hall–Kier alpha value is -2.49. The van der Waals surface area contributed by atoms with Crippen LogP contribution < -0.4 is 4.74 Å². The first-order valence-electron chi connectivity index (χ1n) is 6.85. The molecule has 0 fully saturated rings. The van der Waals surface area contributed by atoms with Gasteiger partial charge in [0.05, 0.1) is 12.8 Å². The highest BCUT2D eigenvalue weighted by Crippen LogP contribution is 2.33.